The largest absolute Gasteiger partial charge is 0.322 e. The molecule has 0 atom stereocenters. The Bertz CT molecular complexity index is 1180. The van der Waals surface area contributed by atoms with Gasteiger partial charge in [0.1, 0.15) is 12.4 Å². The molecule has 0 aliphatic carbocycles. The zero-order chi connectivity index (χ0) is 25.0. The van der Waals surface area contributed by atoms with E-state index in [2.05, 4.69) is 31.4 Å². The first-order chi connectivity index (χ1) is 16.0. The second-order valence-electron chi connectivity index (χ2n) is 9.03. The van der Waals surface area contributed by atoms with E-state index < -0.39 is 6.03 Å². The lowest BCUT2D eigenvalue weighted by Crippen LogP contribution is -2.40. The average molecular weight is 502 g/mol. The third-order valence-corrected chi connectivity index (χ3v) is 5.94. The molecule has 0 aliphatic heterocycles. The van der Waals surface area contributed by atoms with Crippen LogP contribution in [0.25, 0.3) is 5.69 Å². The maximum Gasteiger partial charge on any atom is 0.322 e. The fourth-order valence-electron chi connectivity index (χ4n) is 3.18. The minimum absolute atomic E-state index is 0.131. The van der Waals surface area contributed by atoms with Gasteiger partial charge >= 0.3 is 6.03 Å². The Hall–Kier alpha value is -3.03. The number of likely N-dealkylation sites (N-methyl/N-ethyl adjacent to an activating group) is 1. The van der Waals surface area contributed by atoms with Gasteiger partial charge in [-0.15, -0.1) is 0 Å². The minimum Gasteiger partial charge on any atom is -0.315 e. The van der Waals surface area contributed by atoms with Crippen LogP contribution in [-0.2, 0) is 10.2 Å². The molecule has 0 fully saturated rings. The molecule has 0 bridgehead atoms. The average Bonchev–Trinajstić information content (AvgIpc) is 3.19. The van der Waals surface area contributed by atoms with Crippen molar-refractivity contribution in [1.29, 1.82) is 0 Å². The fraction of sp³-hybridized carbons (Fsp3) is 0.320. The van der Waals surface area contributed by atoms with E-state index in [-0.39, 0.29) is 17.9 Å². The third kappa shape index (κ3) is 6.30. The molecule has 3 amide bonds. The molecule has 0 aliphatic rings. The summed E-state index contributed by atoms with van der Waals surface area (Å²) in [6, 6.07) is 14.1. The van der Waals surface area contributed by atoms with E-state index in [0.29, 0.717) is 28.1 Å². The first-order valence-corrected chi connectivity index (χ1v) is 11.7. The normalized spacial score (nSPS) is 11.3. The van der Waals surface area contributed by atoms with Crippen LogP contribution in [0.1, 0.15) is 39.0 Å². The number of carbonyl (C=O) groups excluding carboxylic acids is 2. The summed E-state index contributed by atoms with van der Waals surface area (Å²) in [5.41, 5.74) is 3.09. The maximum absolute atomic E-state index is 12.9. The first kappa shape index (κ1) is 25.6. The summed E-state index contributed by atoms with van der Waals surface area (Å²) in [6.45, 7) is 10.2. The lowest BCUT2D eigenvalue weighted by molar-refractivity contribution is -0.116. The van der Waals surface area contributed by atoms with Gasteiger partial charge in [-0.25, -0.2) is 9.48 Å². The molecule has 2 N–H and O–H groups in total. The Labute approximate surface area is 210 Å². The van der Waals surface area contributed by atoms with Crippen LogP contribution in [0.2, 0.25) is 10.0 Å². The van der Waals surface area contributed by atoms with Crippen molar-refractivity contribution < 1.29 is 9.59 Å². The molecule has 0 spiro atoms. The SMILES string of the molecule is CCN(CC(=O)Nc1cc(C(C)(C)C)nn1-c1ccc(C)cc1)C(=O)Nc1ccc(Cl)c(Cl)c1. The van der Waals surface area contributed by atoms with Crippen molar-refractivity contribution in [2.45, 2.75) is 40.0 Å². The Kier molecular flexibility index (Phi) is 7.89. The van der Waals surface area contributed by atoms with Gasteiger partial charge in [0.25, 0.3) is 0 Å². The number of nitrogens with zero attached hydrogens (tertiary/aromatic N) is 3. The summed E-state index contributed by atoms with van der Waals surface area (Å²) in [5, 5.41) is 11.1. The number of nitrogens with one attached hydrogen (secondary N) is 2. The standard InChI is InChI=1S/C25H29Cl2N5O2/c1-6-31(24(34)28-17-9-12-19(26)20(27)13-17)15-23(33)29-22-14-21(25(3,4)5)30-32(22)18-10-7-16(2)8-11-18/h7-14H,6,15H2,1-5H3,(H,28,34)(H,29,33). The molecular formula is C25H29Cl2N5O2. The second-order valence-corrected chi connectivity index (χ2v) is 9.85. The number of rotatable bonds is 6. The van der Waals surface area contributed by atoms with Gasteiger partial charge in [-0.05, 0) is 44.2 Å². The molecule has 180 valence electrons. The number of halogens is 2. The summed E-state index contributed by atoms with van der Waals surface area (Å²) in [6.07, 6.45) is 0. The molecule has 9 heteroatoms. The minimum atomic E-state index is -0.418. The number of anilines is 2. The van der Waals surface area contributed by atoms with Crippen LogP contribution in [0.5, 0.6) is 0 Å². The molecule has 34 heavy (non-hydrogen) atoms. The third-order valence-electron chi connectivity index (χ3n) is 5.20. The second kappa shape index (κ2) is 10.5. The van der Waals surface area contributed by atoms with Gasteiger partial charge in [0.05, 0.1) is 21.4 Å². The van der Waals surface area contributed by atoms with E-state index in [0.717, 1.165) is 16.9 Å². The quantitative estimate of drug-likeness (QED) is 0.417. The van der Waals surface area contributed by atoms with Crippen LogP contribution in [0.3, 0.4) is 0 Å². The van der Waals surface area contributed by atoms with E-state index in [1.807, 2.05) is 37.3 Å². The molecule has 1 heterocycles. The van der Waals surface area contributed by atoms with Crippen LogP contribution >= 0.6 is 23.2 Å². The lowest BCUT2D eigenvalue weighted by atomic mass is 9.92. The van der Waals surface area contributed by atoms with Crippen molar-refractivity contribution in [3.05, 3.63) is 69.8 Å². The van der Waals surface area contributed by atoms with Crippen LogP contribution in [-0.4, -0.2) is 39.7 Å². The molecule has 3 aromatic rings. The van der Waals surface area contributed by atoms with Gasteiger partial charge in [-0.2, -0.15) is 5.10 Å². The summed E-state index contributed by atoms with van der Waals surface area (Å²) < 4.78 is 1.71. The predicted molar refractivity (Wildman–Crippen MR) is 138 cm³/mol. The van der Waals surface area contributed by atoms with Crippen LogP contribution < -0.4 is 10.6 Å². The molecule has 0 radical (unpaired) electrons. The van der Waals surface area contributed by atoms with Crippen molar-refractivity contribution in [1.82, 2.24) is 14.7 Å². The molecule has 0 saturated heterocycles. The van der Waals surface area contributed by atoms with E-state index in [1.165, 1.54) is 4.90 Å². The zero-order valence-corrected chi connectivity index (χ0v) is 21.5. The Morgan fingerprint density at radius 2 is 1.68 bits per heavy atom. The molecule has 3 rings (SSSR count). The smallest absolute Gasteiger partial charge is 0.315 e. The molecule has 2 aromatic carbocycles. The van der Waals surface area contributed by atoms with Gasteiger partial charge < -0.3 is 15.5 Å². The van der Waals surface area contributed by atoms with Gasteiger partial charge in [-0.1, -0.05) is 61.7 Å². The maximum atomic E-state index is 12.9. The number of hydrogen-bond donors (Lipinski definition) is 2. The highest BCUT2D eigenvalue weighted by Gasteiger charge is 2.23. The number of hydrogen-bond acceptors (Lipinski definition) is 3. The van der Waals surface area contributed by atoms with Gasteiger partial charge in [0.2, 0.25) is 5.91 Å². The highest BCUT2D eigenvalue weighted by molar-refractivity contribution is 6.42. The van der Waals surface area contributed by atoms with E-state index in [1.54, 1.807) is 29.8 Å². The Balaban J connectivity index is 1.76. The summed E-state index contributed by atoms with van der Waals surface area (Å²) in [4.78, 5) is 27.0. The summed E-state index contributed by atoms with van der Waals surface area (Å²) in [7, 11) is 0. The number of urea groups is 1. The van der Waals surface area contributed by atoms with E-state index >= 15 is 0 Å². The molecular weight excluding hydrogens is 473 g/mol. The molecule has 0 unspecified atom stereocenters. The van der Waals surface area contributed by atoms with E-state index in [4.69, 9.17) is 28.3 Å². The Morgan fingerprint density at radius 3 is 2.26 bits per heavy atom. The van der Waals surface area contributed by atoms with Crippen molar-refractivity contribution in [3.63, 3.8) is 0 Å². The topological polar surface area (TPSA) is 79.3 Å². The lowest BCUT2D eigenvalue weighted by Gasteiger charge is -2.21. The fourth-order valence-corrected chi connectivity index (χ4v) is 3.48. The number of benzene rings is 2. The van der Waals surface area contributed by atoms with Gasteiger partial charge in [-0.3, -0.25) is 4.79 Å². The predicted octanol–water partition coefficient (Wildman–Crippen LogP) is 6.28. The molecule has 7 nitrogen and oxygen atoms in total. The van der Waals surface area contributed by atoms with Crippen molar-refractivity contribution in [2.75, 3.05) is 23.7 Å². The van der Waals surface area contributed by atoms with Crippen LogP contribution in [0.4, 0.5) is 16.3 Å². The zero-order valence-electron chi connectivity index (χ0n) is 19.9. The number of aryl methyl sites for hydroxylation is 1. The first-order valence-electron chi connectivity index (χ1n) is 11.0. The number of aromatic nitrogens is 2. The van der Waals surface area contributed by atoms with E-state index in [9.17, 15) is 9.59 Å². The monoisotopic (exact) mass is 501 g/mol. The Morgan fingerprint density at radius 1 is 1.00 bits per heavy atom. The van der Waals surface area contributed by atoms with Gasteiger partial charge in [0.15, 0.2) is 0 Å². The highest BCUT2D eigenvalue weighted by Crippen LogP contribution is 2.27. The number of amides is 3. The van der Waals surface area contributed by atoms with Crippen molar-refractivity contribution in [2.24, 2.45) is 0 Å². The molecule has 0 saturated carbocycles. The van der Waals surface area contributed by atoms with Crippen molar-refractivity contribution in [3.8, 4) is 5.69 Å². The van der Waals surface area contributed by atoms with Crippen LogP contribution in [0, 0.1) is 6.92 Å². The van der Waals surface area contributed by atoms with Gasteiger partial charge in [0, 0.05) is 23.7 Å². The highest BCUT2D eigenvalue weighted by atomic mass is 35.5. The van der Waals surface area contributed by atoms with Crippen molar-refractivity contribution >= 4 is 46.6 Å². The number of carbonyl (C=O) groups is 2. The summed E-state index contributed by atoms with van der Waals surface area (Å²) in [5.74, 6) is 0.208. The van der Waals surface area contributed by atoms with Crippen LogP contribution in [0.15, 0.2) is 48.5 Å². The molecule has 1 aromatic heterocycles. The summed E-state index contributed by atoms with van der Waals surface area (Å²) >= 11 is 12.0.